The Bertz CT molecular complexity index is 2950. The van der Waals surface area contributed by atoms with Gasteiger partial charge in [-0.05, 0) is 183 Å². The molecule has 0 saturated carbocycles. The summed E-state index contributed by atoms with van der Waals surface area (Å²) in [6.07, 6.45) is 19.3. The van der Waals surface area contributed by atoms with E-state index in [4.69, 9.17) is 20.0 Å². The van der Waals surface area contributed by atoms with E-state index in [0.29, 0.717) is 0 Å². The number of hydrogen-bond donors (Lipinski definition) is 3. The van der Waals surface area contributed by atoms with Crippen LogP contribution in [0.3, 0.4) is 0 Å². The number of nitrogens with zero attached hydrogens (tertiary/aromatic N) is 4. The highest BCUT2D eigenvalue weighted by Gasteiger charge is 2.21. The number of hydrogen-bond acceptors (Lipinski definition) is 4. The molecule has 7 nitrogen and oxygen atoms in total. The average molecular weight is 824 g/mol. The number of rotatable bonds is 13. The summed E-state index contributed by atoms with van der Waals surface area (Å²) in [4.78, 5) is 29.2. The SMILES string of the molecule is CC(C)=C/C=C(\C)C=Nc1ccc(-c2cc(-c3ccc(N=Cc4ccc(C)[nH]4)cc3)c(-c3ccc(N=Cc4ccc(C)[nH]4)cc3)cc2C2C=CC(N=Cc3ccc(C)[nH]3)=CC2)cc1. The first-order valence-electron chi connectivity index (χ1n) is 21.4. The highest BCUT2D eigenvalue weighted by atomic mass is 14.8. The molecule has 0 amide bonds. The van der Waals surface area contributed by atoms with E-state index in [1.807, 2.05) is 50.8 Å². The average Bonchev–Trinajstić information content (AvgIpc) is 4.06. The molecule has 0 fully saturated rings. The number of allylic oxidation sites excluding steroid dienone is 7. The van der Waals surface area contributed by atoms with E-state index in [-0.39, 0.29) is 5.92 Å². The van der Waals surface area contributed by atoms with Crippen molar-refractivity contribution in [2.75, 3.05) is 0 Å². The van der Waals surface area contributed by atoms with Crippen molar-refractivity contribution in [2.45, 2.75) is 53.9 Å². The topological polar surface area (TPSA) is 96.8 Å². The number of aliphatic imine (C=N–C) groups is 4. The van der Waals surface area contributed by atoms with Crippen LogP contribution in [0.2, 0.25) is 0 Å². The molecule has 0 bridgehead atoms. The fraction of sp³-hybridized carbons (Fsp3) is 0.143. The second kappa shape index (κ2) is 19.4. The van der Waals surface area contributed by atoms with Crippen LogP contribution in [0, 0.1) is 20.8 Å². The minimum absolute atomic E-state index is 0.126. The number of aromatic amines is 3. The van der Waals surface area contributed by atoms with Crippen LogP contribution in [0.15, 0.2) is 189 Å². The maximum Gasteiger partial charge on any atom is 0.0630 e. The standard InChI is InChI=1S/C56H53N7/c1-37(2)7-8-38(3)33-57-46-23-12-42(13-24-46)53-31-55(44-16-27-48(28-17-44)59-35-51-21-10-40(5)62-51)56(45-18-29-49(30-19-45)60-36-52-22-11-41(6)63-52)32-54(53)43-14-25-47(26-15-43)58-34-50-20-9-39(4)61-50/h7-14,16-36,43,61-63H,15H2,1-6H3/b38-8+,57-33?,58-34?,59-35?,60-36?. The molecular formula is C56H53N7. The molecule has 7 heteroatoms. The van der Waals surface area contributed by atoms with Gasteiger partial charge in [0.05, 0.1) is 58.5 Å². The van der Waals surface area contributed by atoms with Gasteiger partial charge >= 0.3 is 0 Å². The van der Waals surface area contributed by atoms with Crippen LogP contribution in [-0.2, 0) is 0 Å². The van der Waals surface area contributed by atoms with E-state index in [1.54, 1.807) is 0 Å². The number of nitrogens with one attached hydrogen (secondary N) is 3. The van der Waals surface area contributed by atoms with Crippen LogP contribution in [0.25, 0.3) is 33.4 Å². The summed E-state index contributed by atoms with van der Waals surface area (Å²) in [5.74, 6) is 0.126. The molecule has 1 aliphatic carbocycles. The van der Waals surface area contributed by atoms with Gasteiger partial charge < -0.3 is 15.0 Å². The van der Waals surface area contributed by atoms with Gasteiger partial charge in [0.1, 0.15) is 0 Å². The summed E-state index contributed by atoms with van der Waals surface area (Å²) >= 11 is 0. The predicted molar refractivity (Wildman–Crippen MR) is 267 cm³/mol. The van der Waals surface area contributed by atoms with Gasteiger partial charge in [-0.15, -0.1) is 0 Å². The van der Waals surface area contributed by atoms with Crippen molar-refractivity contribution in [1.29, 1.82) is 0 Å². The van der Waals surface area contributed by atoms with E-state index in [1.165, 1.54) is 16.7 Å². The Kier molecular flexibility index (Phi) is 12.9. The lowest BCUT2D eigenvalue weighted by atomic mass is 9.81. The highest BCUT2D eigenvalue weighted by Crippen LogP contribution is 2.43. The molecule has 3 N–H and O–H groups in total. The third-order valence-electron chi connectivity index (χ3n) is 10.9. The predicted octanol–water partition coefficient (Wildman–Crippen LogP) is 14.8. The number of benzene rings is 4. The fourth-order valence-corrected chi connectivity index (χ4v) is 7.52. The lowest BCUT2D eigenvalue weighted by molar-refractivity contribution is 0.845. The normalized spacial score (nSPS) is 14.5. The first-order valence-corrected chi connectivity index (χ1v) is 21.4. The van der Waals surface area contributed by atoms with Gasteiger partial charge in [0.25, 0.3) is 0 Å². The third kappa shape index (κ3) is 11.0. The lowest BCUT2D eigenvalue weighted by Gasteiger charge is -2.23. The zero-order valence-electron chi connectivity index (χ0n) is 36.8. The zero-order valence-corrected chi connectivity index (χ0v) is 36.8. The van der Waals surface area contributed by atoms with Crippen LogP contribution in [-0.4, -0.2) is 39.8 Å². The monoisotopic (exact) mass is 823 g/mol. The molecule has 3 aromatic heterocycles. The van der Waals surface area contributed by atoms with E-state index in [2.05, 4.69) is 182 Å². The Morgan fingerprint density at radius 3 is 1.41 bits per heavy atom. The summed E-state index contributed by atoms with van der Waals surface area (Å²) in [6, 6.07) is 42.7. The molecule has 1 aliphatic rings. The Hall–Kier alpha value is -7.64. The van der Waals surface area contributed by atoms with Crippen LogP contribution in [0.5, 0.6) is 0 Å². The van der Waals surface area contributed by atoms with E-state index in [9.17, 15) is 0 Å². The van der Waals surface area contributed by atoms with Gasteiger partial charge in [0, 0.05) is 29.2 Å². The molecule has 1 unspecified atom stereocenters. The number of aryl methyl sites for hydroxylation is 3. The summed E-state index contributed by atoms with van der Waals surface area (Å²) in [5.41, 5.74) is 20.3. The van der Waals surface area contributed by atoms with Crippen molar-refractivity contribution in [3.05, 3.63) is 208 Å². The second-order valence-electron chi connectivity index (χ2n) is 16.4. The Morgan fingerprint density at radius 2 is 0.968 bits per heavy atom. The molecular weight excluding hydrogens is 771 g/mol. The van der Waals surface area contributed by atoms with Crippen LogP contribution in [0.1, 0.15) is 72.8 Å². The third-order valence-corrected chi connectivity index (χ3v) is 10.9. The molecule has 3 heterocycles. The van der Waals surface area contributed by atoms with Crippen molar-refractivity contribution < 1.29 is 0 Å². The summed E-state index contributed by atoms with van der Waals surface area (Å²) < 4.78 is 0. The molecule has 312 valence electrons. The van der Waals surface area contributed by atoms with Crippen molar-refractivity contribution in [1.82, 2.24) is 15.0 Å². The Balaban J connectivity index is 1.20. The summed E-state index contributed by atoms with van der Waals surface area (Å²) in [5, 5.41) is 0. The highest BCUT2D eigenvalue weighted by molar-refractivity contribution is 5.91. The molecule has 63 heavy (non-hydrogen) atoms. The maximum atomic E-state index is 4.81. The van der Waals surface area contributed by atoms with Crippen LogP contribution in [0.4, 0.5) is 17.1 Å². The first-order chi connectivity index (χ1) is 30.6. The van der Waals surface area contributed by atoms with Gasteiger partial charge in [0.15, 0.2) is 0 Å². The molecule has 7 aromatic rings. The zero-order chi connectivity index (χ0) is 43.7. The number of H-pyrrole nitrogens is 3. The molecule has 0 spiro atoms. The maximum absolute atomic E-state index is 4.81. The minimum Gasteiger partial charge on any atom is -0.358 e. The van der Waals surface area contributed by atoms with Crippen molar-refractivity contribution >= 4 is 41.9 Å². The molecule has 8 rings (SSSR count). The Labute approximate surface area is 371 Å². The lowest BCUT2D eigenvalue weighted by Crippen LogP contribution is -2.03. The van der Waals surface area contributed by atoms with Gasteiger partial charge in [-0.3, -0.25) is 20.0 Å². The quantitative estimate of drug-likeness (QED) is 0.0763. The van der Waals surface area contributed by atoms with Crippen molar-refractivity contribution in [3.63, 3.8) is 0 Å². The van der Waals surface area contributed by atoms with E-state index in [0.717, 1.165) is 96.7 Å². The number of aromatic nitrogens is 3. The fourth-order valence-electron chi connectivity index (χ4n) is 7.52. The Morgan fingerprint density at radius 1 is 0.508 bits per heavy atom. The summed E-state index contributed by atoms with van der Waals surface area (Å²) in [7, 11) is 0. The van der Waals surface area contributed by atoms with E-state index >= 15 is 0 Å². The van der Waals surface area contributed by atoms with E-state index < -0.39 is 0 Å². The molecule has 0 aliphatic heterocycles. The molecule has 4 aromatic carbocycles. The smallest absolute Gasteiger partial charge is 0.0630 e. The van der Waals surface area contributed by atoms with Crippen LogP contribution < -0.4 is 0 Å². The van der Waals surface area contributed by atoms with Gasteiger partial charge in [0.2, 0.25) is 0 Å². The van der Waals surface area contributed by atoms with Gasteiger partial charge in [-0.2, -0.15) is 0 Å². The van der Waals surface area contributed by atoms with Crippen molar-refractivity contribution in [2.24, 2.45) is 20.0 Å². The van der Waals surface area contributed by atoms with Gasteiger partial charge in [-0.1, -0.05) is 66.3 Å². The molecule has 0 radical (unpaired) electrons. The second-order valence-corrected chi connectivity index (χ2v) is 16.4. The molecule has 1 atom stereocenters. The first kappa shape index (κ1) is 42.1. The largest absolute Gasteiger partial charge is 0.358 e. The molecule has 0 saturated heterocycles. The van der Waals surface area contributed by atoms with Crippen LogP contribution >= 0.6 is 0 Å². The van der Waals surface area contributed by atoms with Crippen molar-refractivity contribution in [3.8, 4) is 33.4 Å². The minimum atomic E-state index is 0.126. The van der Waals surface area contributed by atoms with Gasteiger partial charge in [-0.25, -0.2) is 0 Å². The summed E-state index contributed by atoms with van der Waals surface area (Å²) in [6.45, 7) is 12.4.